The van der Waals surface area contributed by atoms with Crippen LogP contribution in [-0.2, 0) is 10.3 Å². The lowest BCUT2D eigenvalue weighted by Gasteiger charge is -2.42. The average molecular weight is 396 g/mol. The molecule has 2 aromatic rings. The molecule has 2 fully saturated rings. The highest BCUT2D eigenvalue weighted by Gasteiger charge is 2.42. The van der Waals surface area contributed by atoms with Gasteiger partial charge in [-0.1, -0.05) is 30.3 Å². The molecule has 4 N–H and O–H groups in total. The van der Waals surface area contributed by atoms with Crippen molar-refractivity contribution in [1.82, 2.24) is 26.1 Å². The first-order chi connectivity index (χ1) is 14.1. The first-order valence-corrected chi connectivity index (χ1v) is 10.1. The van der Waals surface area contributed by atoms with Gasteiger partial charge in [-0.15, -0.1) is 0 Å². The molecule has 154 valence electrons. The zero-order valence-corrected chi connectivity index (χ0v) is 16.9. The average Bonchev–Trinajstić information content (AvgIpc) is 3.22. The van der Waals surface area contributed by atoms with Crippen LogP contribution in [0, 0.1) is 19.8 Å². The van der Waals surface area contributed by atoms with Crippen LogP contribution in [0.15, 0.2) is 30.3 Å². The monoisotopic (exact) mass is 396 g/mol. The normalized spacial score (nSPS) is 18.3. The van der Waals surface area contributed by atoms with Gasteiger partial charge < -0.3 is 15.4 Å². The van der Waals surface area contributed by atoms with Crippen molar-refractivity contribution in [2.24, 2.45) is 5.92 Å². The molecule has 0 radical (unpaired) electrons. The third kappa shape index (κ3) is 4.24. The molecule has 0 atom stereocenters. The summed E-state index contributed by atoms with van der Waals surface area (Å²) >= 11 is 0. The fourth-order valence-corrected chi connectivity index (χ4v) is 3.65. The molecule has 3 heterocycles. The van der Waals surface area contributed by atoms with E-state index in [1.54, 1.807) is 0 Å². The molecule has 0 bridgehead atoms. The number of carbonyl (C=O) groups excluding carboxylic acids is 1. The molecule has 1 amide bonds. The molecule has 4 rings (SSSR count). The van der Waals surface area contributed by atoms with Gasteiger partial charge in [0.15, 0.2) is 0 Å². The number of nitrogens with zero attached hydrogens (tertiary/aromatic N) is 2. The number of hydrogen-bond donors (Lipinski definition) is 4. The van der Waals surface area contributed by atoms with Crippen LogP contribution in [0.4, 0.5) is 5.82 Å². The van der Waals surface area contributed by atoms with E-state index in [1.165, 1.54) is 0 Å². The Hall–Kier alpha value is -2.55. The first-order valence-electron chi connectivity index (χ1n) is 10.1. The highest BCUT2D eigenvalue weighted by Crippen LogP contribution is 2.29. The van der Waals surface area contributed by atoms with Gasteiger partial charge in [-0.3, -0.25) is 15.6 Å². The Morgan fingerprint density at radius 2 is 1.90 bits per heavy atom. The van der Waals surface area contributed by atoms with Gasteiger partial charge in [0.1, 0.15) is 11.4 Å². The van der Waals surface area contributed by atoms with E-state index in [0.29, 0.717) is 19.1 Å². The topological polar surface area (TPSA) is 100 Å². The number of hydrogen-bond acceptors (Lipinski definition) is 7. The summed E-state index contributed by atoms with van der Waals surface area (Å²) in [6.45, 7) is 7.52. The number of hydrazine groups is 1. The molecule has 0 saturated carbocycles. The Morgan fingerprint density at radius 3 is 2.55 bits per heavy atom. The van der Waals surface area contributed by atoms with Crippen molar-refractivity contribution in [2.75, 3.05) is 38.2 Å². The van der Waals surface area contributed by atoms with Gasteiger partial charge in [0.05, 0.1) is 13.2 Å². The number of carbonyl (C=O) groups is 1. The van der Waals surface area contributed by atoms with Crippen molar-refractivity contribution in [1.29, 1.82) is 0 Å². The van der Waals surface area contributed by atoms with Crippen molar-refractivity contribution in [3.63, 3.8) is 0 Å². The number of rotatable bonds is 7. The second-order valence-corrected chi connectivity index (χ2v) is 7.84. The van der Waals surface area contributed by atoms with Crippen molar-refractivity contribution in [3.05, 3.63) is 53.0 Å². The fraction of sp³-hybridized carbons (Fsp3) is 0.476. The second-order valence-electron chi connectivity index (χ2n) is 7.84. The molecule has 8 heteroatoms. The summed E-state index contributed by atoms with van der Waals surface area (Å²) in [6, 6.07) is 9.89. The minimum Gasteiger partial charge on any atom is -0.376 e. The quantitative estimate of drug-likeness (QED) is 0.559. The lowest BCUT2D eigenvalue weighted by molar-refractivity contribution is -0.0735. The minimum absolute atomic E-state index is 0.182. The van der Waals surface area contributed by atoms with E-state index in [1.807, 2.05) is 44.2 Å². The van der Waals surface area contributed by atoms with Crippen molar-refractivity contribution in [3.8, 4) is 0 Å². The number of nitrogens with one attached hydrogen (secondary N) is 4. The van der Waals surface area contributed by atoms with Crippen LogP contribution < -0.4 is 21.5 Å². The summed E-state index contributed by atoms with van der Waals surface area (Å²) in [6.07, 6.45) is 1.03. The Bertz CT molecular complexity index is 863. The van der Waals surface area contributed by atoms with Crippen LogP contribution in [0.25, 0.3) is 0 Å². The Labute approximate surface area is 170 Å². The van der Waals surface area contributed by atoms with Gasteiger partial charge in [-0.05, 0) is 31.7 Å². The summed E-state index contributed by atoms with van der Waals surface area (Å²) < 4.78 is 5.42. The molecular weight excluding hydrogens is 368 g/mol. The Balaban J connectivity index is 1.47. The molecule has 2 aliphatic rings. The third-order valence-corrected chi connectivity index (χ3v) is 5.72. The molecule has 0 unspecified atom stereocenters. The van der Waals surface area contributed by atoms with Gasteiger partial charge >= 0.3 is 0 Å². The maximum absolute atomic E-state index is 13.0. The van der Waals surface area contributed by atoms with E-state index in [9.17, 15) is 4.79 Å². The summed E-state index contributed by atoms with van der Waals surface area (Å²) in [5.41, 5.74) is 8.57. The maximum Gasteiger partial charge on any atom is 0.290 e. The Morgan fingerprint density at radius 1 is 1.17 bits per heavy atom. The molecule has 2 aliphatic heterocycles. The highest BCUT2D eigenvalue weighted by molar-refractivity contribution is 5.91. The SMILES string of the molecule is Cc1nc(C(=O)NC2(c3ccccc3)COC2)nc(NCCC2CNNC2)c1C. The van der Waals surface area contributed by atoms with Crippen LogP contribution in [0.1, 0.15) is 33.9 Å². The number of aryl methyl sites for hydroxylation is 1. The van der Waals surface area contributed by atoms with Crippen molar-refractivity contribution < 1.29 is 9.53 Å². The zero-order valence-electron chi connectivity index (χ0n) is 16.9. The van der Waals surface area contributed by atoms with E-state index >= 15 is 0 Å². The number of aromatic nitrogens is 2. The first kappa shape index (κ1) is 19.8. The second kappa shape index (κ2) is 8.44. The van der Waals surface area contributed by atoms with Gasteiger partial charge in [-0.25, -0.2) is 9.97 Å². The van der Waals surface area contributed by atoms with Gasteiger partial charge in [0, 0.05) is 30.9 Å². The van der Waals surface area contributed by atoms with E-state index in [0.717, 1.165) is 48.7 Å². The fourth-order valence-electron chi connectivity index (χ4n) is 3.65. The van der Waals surface area contributed by atoms with Crippen LogP contribution in [0.2, 0.25) is 0 Å². The van der Waals surface area contributed by atoms with E-state index in [-0.39, 0.29) is 11.7 Å². The van der Waals surface area contributed by atoms with E-state index in [2.05, 4.69) is 31.5 Å². The van der Waals surface area contributed by atoms with Crippen LogP contribution in [0.5, 0.6) is 0 Å². The molecular formula is C21H28N6O2. The Kier molecular flexibility index (Phi) is 5.75. The molecule has 0 spiro atoms. The highest BCUT2D eigenvalue weighted by atomic mass is 16.5. The number of ether oxygens (including phenoxy) is 1. The zero-order chi connectivity index (χ0) is 20.3. The van der Waals surface area contributed by atoms with Crippen molar-refractivity contribution in [2.45, 2.75) is 25.8 Å². The number of benzene rings is 1. The molecule has 0 aliphatic carbocycles. The molecule has 1 aromatic carbocycles. The smallest absolute Gasteiger partial charge is 0.290 e. The predicted octanol–water partition coefficient (Wildman–Crippen LogP) is 1.27. The summed E-state index contributed by atoms with van der Waals surface area (Å²) in [5.74, 6) is 1.22. The molecule has 2 saturated heterocycles. The maximum atomic E-state index is 13.0. The largest absolute Gasteiger partial charge is 0.376 e. The van der Waals surface area contributed by atoms with Crippen molar-refractivity contribution >= 4 is 11.7 Å². The summed E-state index contributed by atoms with van der Waals surface area (Å²) in [5, 5.41) is 6.49. The predicted molar refractivity (Wildman–Crippen MR) is 111 cm³/mol. The lowest BCUT2D eigenvalue weighted by atomic mass is 9.88. The van der Waals surface area contributed by atoms with Gasteiger partial charge in [-0.2, -0.15) is 0 Å². The summed E-state index contributed by atoms with van der Waals surface area (Å²) in [7, 11) is 0. The minimum atomic E-state index is -0.517. The molecule has 8 nitrogen and oxygen atoms in total. The number of anilines is 1. The summed E-state index contributed by atoms with van der Waals surface area (Å²) in [4.78, 5) is 21.9. The number of amides is 1. The van der Waals surface area contributed by atoms with Gasteiger partial charge in [0.25, 0.3) is 5.91 Å². The molecule has 1 aromatic heterocycles. The third-order valence-electron chi connectivity index (χ3n) is 5.72. The van der Waals surface area contributed by atoms with Crippen LogP contribution in [0.3, 0.4) is 0 Å². The molecule has 29 heavy (non-hydrogen) atoms. The van der Waals surface area contributed by atoms with Crippen LogP contribution >= 0.6 is 0 Å². The standard InChI is InChI=1S/C21H28N6O2/c1-14-15(2)25-19(26-18(14)22-9-8-16-10-23-24-11-16)20(28)27-21(12-29-13-21)17-6-4-3-5-7-17/h3-7,16,23-24H,8-13H2,1-2H3,(H,27,28)(H,22,25,26). The lowest BCUT2D eigenvalue weighted by Crippen LogP contribution is -2.59. The van der Waals surface area contributed by atoms with Crippen LogP contribution in [-0.4, -0.2) is 48.7 Å². The van der Waals surface area contributed by atoms with Gasteiger partial charge in [0.2, 0.25) is 5.82 Å². The van der Waals surface area contributed by atoms with E-state index in [4.69, 9.17) is 4.74 Å². The van der Waals surface area contributed by atoms with E-state index < -0.39 is 5.54 Å².